The van der Waals surface area contributed by atoms with Crippen molar-refractivity contribution in [2.24, 2.45) is 5.92 Å². The van der Waals surface area contributed by atoms with Gasteiger partial charge in [-0.2, -0.15) is 4.98 Å². The van der Waals surface area contributed by atoms with Crippen molar-refractivity contribution in [3.63, 3.8) is 0 Å². The number of hydrogen-bond acceptors (Lipinski definition) is 4. The van der Waals surface area contributed by atoms with Crippen LogP contribution in [0.15, 0.2) is 22.7 Å². The summed E-state index contributed by atoms with van der Waals surface area (Å²) in [6.07, 6.45) is 2.76. The molecule has 0 bridgehead atoms. The maximum absolute atomic E-state index is 13.5. The van der Waals surface area contributed by atoms with Gasteiger partial charge in [-0.1, -0.05) is 11.2 Å². The number of hydrogen-bond donors (Lipinski definition) is 1. The van der Waals surface area contributed by atoms with Crippen LogP contribution in [0.3, 0.4) is 0 Å². The van der Waals surface area contributed by atoms with Crippen LogP contribution in [-0.4, -0.2) is 16.7 Å². The van der Waals surface area contributed by atoms with Gasteiger partial charge in [0.15, 0.2) is 5.82 Å². The van der Waals surface area contributed by atoms with Crippen LogP contribution in [0.5, 0.6) is 0 Å². The predicted octanol–water partition coefficient (Wildman–Crippen LogP) is 2.44. The Bertz CT molecular complexity index is 596. The standard InChI is InChI=1S/C14H15F2N3O/c15-11-4-3-10(12(16)6-11)5-13-18-14(20-19-13)8-17-7-9-1-2-9/h3-4,6,9,17H,1-2,5,7-8H2. The topological polar surface area (TPSA) is 51.0 Å². The molecule has 0 amide bonds. The van der Waals surface area contributed by atoms with Crippen LogP contribution in [0.4, 0.5) is 8.78 Å². The van der Waals surface area contributed by atoms with Crippen molar-refractivity contribution in [3.05, 3.63) is 47.1 Å². The highest BCUT2D eigenvalue weighted by Gasteiger charge is 2.20. The van der Waals surface area contributed by atoms with E-state index in [-0.39, 0.29) is 6.42 Å². The van der Waals surface area contributed by atoms with Crippen molar-refractivity contribution in [3.8, 4) is 0 Å². The van der Waals surface area contributed by atoms with E-state index in [0.717, 1.165) is 18.5 Å². The van der Waals surface area contributed by atoms with Crippen molar-refractivity contribution >= 4 is 0 Å². The maximum atomic E-state index is 13.5. The van der Waals surface area contributed by atoms with Crippen molar-refractivity contribution < 1.29 is 13.3 Å². The zero-order valence-corrected chi connectivity index (χ0v) is 10.9. The lowest BCUT2D eigenvalue weighted by Gasteiger charge is -1.99. The van der Waals surface area contributed by atoms with Gasteiger partial charge in [0.05, 0.1) is 6.54 Å². The highest BCUT2D eigenvalue weighted by atomic mass is 19.1. The smallest absolute Gasteiger partial charge is 0.240 e. The number of nitrogens with one attached hydrogen (secondary N) is 1. The van der Waals surface area contributed by atoms with Gasteiger partial charge < -0.3 is 9.84 Å². The van der Waals surface area contributed by atoms with Gasteiger partial charge in [-0.3, -0.25) is 0 Å². The second-order valence-electron chi connectivity index (χ2n) is 5.09. The Morgan fingerprint density at radius 1 is 1.30 bits per heavy atom. The predicted molar refractivity (Wildman–Crippen MR) is 67.9 cm³/mol. The SMILES string of the molecule is Fc1ccc(Cc2noc(CNCC3CC3)n2)c(F)c1. The largest absolute Gasteiger partial charge is 0.338 e. The quantitative estimate of drug-likeness (QED) is 0.882. The summed E-state index contributed by atoms with van der Waals surface area (Å²) in [4.78, 5) is 4.19. The van der Waals surface area contributed by atoms with Gasteiger partial charge in [-0.25, -0.2) is 8.78 Å². The molecule has 0 radical (unpaired) electrons. The number of aromatic nitrogens is 2. The Morgan fingerprint density at radius 2 is 2.15 bits per heavy atom. The van der Waals surface area contributed by atoms with Crippen LogP contribution in [-0.2, 0) is 13.0 Å². The summed E-state index contributed by atoms with van der Waals surface area (Å²) < 4.78 is 31.4. The first-order valence-electron chi connectivity index (χ1n) is 6.67. The normalized spacial score (nSPS) is 14.7. The van der Waals surface area contributed by atoms with Crippen LogP contribution >= 0.6 is 0 Å². The molecule has 106 valence electrons. The zero-order chi connectivity index (χ0) is 13.9. The highest BCUT2D eigenvalue weighted by molar-refractivity contribution is 5.21. The fourth-order valence-electron chi connectivity index (χ4n) is 1.97. The Hall–Kier alpha value is -1.82. The van der Waals surface area contributed by atoms with Crippen molar-refractivity contribution in [2.75, 3.05) is 6.54 Å². The van der Waals surface area contributed by atoms with E-state index in [2.05, 4.69) is 15.5 Å². The molecular formula is C14H15F2N3O. The monoisotopic (exact) mass is 279 g/mol. The molecule has 0 aliphatic heterocycles. The maximum Gasteiger partial charge on any atom is 0.240 e. The first-order valence-corrected chi connectivity index (χ1v) is 6.67. The molecule has 0 spiro atoms. The second-order valence-corrected chi connectivity index (χ2v) is 5.09. The summed E-state index contributed by atoms with van der Waals surface area (Å²) in [6, 6.07) is 3.47. The molecule has 1 aromatic carbocycles. The fourth-order valence-corrected chi connectivity index (χ4v) is 1.97. The Balaban J connectivity index is 1.58. The molecule has 6 heteroatoms. The van der Waals surface area contributed by atoms with Crippen molar-refractivity contribution in [2.45, 2.75) is 25.8 Å². The van der Waals surface area contributed by atoms with Gasteiger partial charge in [0.2, 0.25) is 5.89 Å². The Labute approximate surface area is 115 Å². The summed E-state index contributed by atoms with van der Waals surface area (Å²) in [7, 11) is 0. The fraction of sp³-hybridized carbons (Fsp3) is 0.429. The number of rotatable bonds is 6. The molecule has 3 rings (SSSR count). The molecular weight excluding hydrogens is 264 g/mol. The van der Waals surface area contributed by atoms with E-state index in [1.807, 2.05) is 0 Å². The highest BCUT2D eigenvalue weighted by Crippen LogP contribution is 2.27. The van der Waals surface area contributed by atoms with Crippen LogP contribution in [0.2, 0.25) is 0 Å². The average Bonchev–Trinajstić information content (AvgIpc) is 3.12. The third-order valence-electron chi connectivity index (χ3n) is 3.28. The van der Waals surface area contributed by atoms with Gasteiger partial charge in [0.25, 0.3) is 0 Å². The lowest BCUT2D eigenvalue weighted by molar-refractivity contribution is 0.362. The molecule has 1 saturated carbocycles. The molecule has 1 N–H and O–H groups in total. The van der Waals surface area contributed by atoms with Crippen LogP contribution < -0.4 is 5.32 Å². The summed E-state index contributed by atoms with van der Waals surface area (Å²) in [5, 5.41) is 7.04. The molecule has 0 unspecified atom stereocenters. The van der Waals surface area contributed by atoms with Gasteiger partial charge in [0.1, 0.15) is 11.6 Å². The number of benzene rings is 1. The molecule has 1 fully saturated rings. The van der Waals surface area contributed by atoms with E-state index in [4.69, 9.17) is 4.52 Å². The Morgan fingerprint density at radius 3 is 2.90 bits per heavy atom. The van der Waals surface area contributed by atoms with E-state index >= 15 is 0 Å². The number of halogens is 2. The minimum Gasteiger partial charge on any atom is -0.338 e. The molecule has 1 heterocycles. The van der Waals surface area contributed by atoms with Gasteiger partial charge in [-0.15, -0.1) is 0 Å². The first-order chi connectivity index (χ1) is 9.70. The summed E-state index contributed by atoms with van der Waals surface area (Å²) in [5.74, 6) is 0.486. The molecule has 1 aromatic heterocycles. The average molecular weight is 279 g/mol. The molecule has 4 nitrogen and oxygen atoms in total. The van der Waals surface area contributed by atoms with E-state index in [1.54, 1.807) is 0 Å². The van der Waals surface area contributed by atoms with E-state index in [1.165, 1.54) is 25.0 Å². The molecule has 2 aromatic rings. The van der Waals surface area contributed by atoms with E-state index in [9.17, 15) is 8.78 Å². The van der Waals surface area contributed by atoms with Gasteiger partial charge in [-0.05, 0) is 36.9 Å². The lowest BCUT2D eigenvalue weighted by atomic mass is 10.1. The second kappa shape index (κ2) is 5.66. The van der Waals surface area contributed by atoms with Crippen molar-refractivity contribution in [1.29, 1.82) is 0 Å². The molecule has 0 saturated heterocycles. The van der Waals surface area contributed by atoms with Crippen LogP contribution in [0.25, 0.3) is 0 Å². The molecule has 0 atom stereocenters. The van der Waals surface area contributed by atoms with Crippen molar-refractivity contribution in [1.82, 2.24) is 15.5 Å². The first kappa shape index (κ1) is 13.2. The van der Waals surface area contributed by atoms with Crippen LogP contribution in [0.1, 0.15) is 30.1 Å². The zero-order valence-electron chi connectivity index (χ0n) is 10.9. The van der Waals surface area contributed by atoms with Crippen LogP contribution in [0, 0.1) is 17.6 Å². The minimum absolute atomic E-state index is 0.193. The summed E-state index contributed by atoms with van der Waals surface area (Å²) in [6.45, 7) is 1.49. The molecule has 20 heavy (non-hydrogen) atoms. The molecule has 1 aliphatic carbocycles. The Kier molecular flexibility index (Phi) is 3.73. The lowest BCUT2D eigenvalue weighted by Crippen LogP contribution is -2.16. The number of nitrogens with zero attached hydrogens (tertiary/aromatic N) is 2. The summed E-state index contributed by atoms with van der Waals surface area (Å²) >= 11 is 0. The third kappa shape index (κ3) is 3.39. The minimum atomic E-state index is -0.594. The summed E-state index contributed by atoms with van der Waals surface area (Å²) in [5.41, 5.74) is 0.352. The third-order valence-corrected chi connectivity index (χ3v) is 3.28. The van der Waals surface area contributed by atoms with Gasteiger partial charge >= 0.3 is 0 Å². The molecule has 1 aliphatic rings. The van der Waals surface area contributed by atoms with Gasteiger partial charge in [0, 0.05) is 12.5 Å². The van der Waals surface area contributed by atoms with E-state index in [0.29, 0.717) is 23.8 Å². The van der Waals surface area contributed by atoms with E-state index < -0.39 is 11.6 Å².